The van der Waals surface area contributed by atoms with E-state index in [2.05, 4.69) is 10.2 Å². The highest BCUT2D eigenvalue weighted by Gasteiger charge is 2.11. The van der Waals surface area contributed by atoms with Gasteiger partial charge in [-0.05, 0) is 5.56 Å². The molecule has 4 N–H and O–H groups in total. The first-order valence-electron chi connectivity index (χ1n) is 3.16. The third-order valence-corrected chi connectivity index (χ3v) is 1.33. The van der Waals surface area contributed by atoms with Crippen molar-refractivity contribution in [1.29, 1.82) is 0 Å². The van der Waals surface area contributed by atoms with Crippen LogP contribution in [0.15, 0.2) is 12.4 Å². The summed E-state index contributed by atoms with van der Waals surface area (Å²) >= 11 is 0. The zero-order valence-electron chi connectivity index (χ0n) is 5.82. The number of carbonyl (C=O) groups is 1. The second kappa shape index (κ2) is 3.16. The molecule has 0 spiro atoms. The molecule has 0 bridgehead atoms. The fourth-order valence-corrected chi connectivity index (χ4v) is 0.731. The molecule has 1 rings (SSSR count). The van der Waals surface area contributed by atoms with Crippen LogP contribution < -0.4 is 5.73 Å². The lowest BCUT2D eigenvalue weighted by Crippen LogP contribution is -2.32. The van der Waals surface area contributed by atoms with Gasteiger partial charge in [-0.1, -0.05) is 0 Å². The number of hydrogen-bond donors (Lipinski definition) is 3. The molecule has 1 atom stereocenters. The van der Waals surface area contributed by atoms with Crippen LogP contribution in [0, 0.1) is 0 Å². The molecular weight excluding hydrogens is 146 g/mol. The topological polar surface area (TPSA) is 92.0 Å². The van der Waals surface area contributed by atoms with E-state index in [4.69, 9.17) is 10.8 Å². The standard InChI is InChI=1S/C6H9N3O2/c7-5(6(10)11)1-4-2-8-9-3-4/h2-3,5H,1,7H2,(H,8,9)(H,10,11). The summed E-state index contributed by atoms with van der Waals surface area (Å²) in [7, 11) is 0. The number of aromatic amines is 1. The highest BCUT2D eigenvalue weighted by atomic mass is 16.4. The number of aliphatic carboxylic acids is 1. The van der Waals surface area contributed by atoms with Gasteiger partial charge in [0.15, 0.2) is 0 Å². The molecule has 0 radical (unpaired) electrons. The lowest BCUT2D eigenvalue weighted by molar-refractivity contribution is -0.138. The molecule has 0 saturated carbocycles. The highest BCUT2D eigenvalue weighted by Crippen LogP contribution is 1.97. The summed E-state index contributed by atoms with van der Waals surface area (Å²) in [6.07, 6.45) is 3.50. The van der Waals surface area contributed by atoms with Crippen molar-refractivity contribution in [3.8, 4) is 0 Å². The molecular formula is C6H9N3O2. The number of nitrogens with one attached hydrogen (secondary N) is 1. The van der Waals surface area contributed by atoms with E-state index in [-0.39, 0.29) is 0 Å². The van der Waals surface area contributed by atoms with Crippen LogP contribution in [0.4, 0.5) is 0 Å². The summed E-state index contributed by atoms with van der Waals surface area (Å²) in [6, 6.07) is -0.840. The largest absolute Gasteiger partial charge is 0.480 e. The molecule has 1 heterocycles. The second-order valence-electron chi connectivity index (χ2n) is 2.26. The number of rotatable bonds is 3. The summed E-state index contributed by atoms with van der Waals surface area (Å²) in [5.41, 5.74) is 6.07. The number of nitrogens with two attached hydrogens (primary N) is 1. The third-order valence-electron chi connectivity index (χ3n) is 1.33. The summed E-state index contributed by atoms with van der Waals surface area (Å²) in [5, 5.41) is 14.7. The van der Waals surface area contributed by atoms with Crippen LogP contribution in [-0.4, -0.2) is 27.3 Å². The molecule has 0 amide bonds. The Morgan fingerprint density at radius 2 is 2.64 bits per heavy atom. The fourth-order valence-electron chi connectivity index (χ4n) is 0.731. The van der Waals surface area contributed by atoms with Gasteiger partial charge in [-0.15, -0.1) is 0 Å². The van der Waals surface area contributed by atoms with Crippen molar-refractivity contribution in [2.75, 3.05) is 0 Å². The Kier molecular flexibility index (Phi) is 2.22. The zero-order chi connectivity index (χ0) is 8.27. The van der Waals surface area contributed by atoms with E-state index < -0.39 is 12.0 Å². The fraction of sp³-hybridized carbons (Fsp3) is 0.333. The summed E-state index contributed by atoms with van der Waals surface area (Å²) in [6.45, 7) is 0. The summed E-state index contributed by atoms with van der Waals surface area (Å²) in [5.74, 6) is -0.994. The van der Waals surface area contributed by atoms with Gasteiger partial charge < -0.3 is 10.8 Å². The molecule has 0 aliphatic rings. The minimum absolute atomic E-state index is 0.311. The Morgan fingerprint density at radius 3 is 3.09 bits per heavy atom. The molecule has 1 unspecified atom stereocenters. The first-order valence-corrected chi connectivity index (χ1v) is 3.16. The lowest BCUT2D eigenvalue weighted by Gasteiger charge is -2.01. The van der Waals surface area contributed by atoms with Crippen LogP contribution in [0.1, 0.15) is 5.56 Å². The van der Waals surface area contributed by atoms with Crippen LogP contribution in [0.2, 0.25) is 0 Å². The van der Waals surface area contributed by atoms with Gasteiger partial charge in [-0.3, -0.25) is 9.89 Å². The van der Waals surface area contributed by atoms with E-state index in [1.165, 1.54) is 0 Å². The number of H-pyrrole nitrogens is 1. The Labute approximate surface area is 63.2 Å². The molecule has 11 heavy (non-hydrogen) atoms. The number of nitrogens with zero attached hydrogens (tertiary/aromatic N) is 1. The summed E-state index contributed by atoms with van der Waals surface area (Å²) < 4.78 is 0. The van der Waals surface area contributed by atoms with Crippen molar-refractivity contribution in [2.24, 2.45) is 5.73 Å². The van der Waals surface area contributed by atoms with Gasteiger partial charge in [0.1, 0.15) is 6.04 Å². The normalized spacial score (nSPS) is 12.8. The monoisotopic (exact) mass is 155 g/mol. The molecule has 0 fully saturated rings. The quantitative estimate of drug-likeness (QED) is 0.541. The Balaban J connectivity index is 2.50. The average molecular weight is 155 g/mol. The number of carboxylic acids is 1. The average Bonchev–Trinajstić information content (AvgIpc) is 2.39. The Bertz CT molecular complexity index is 232. The molecule has 1 aromatic rings. The van der Waals surface area contributed by atoms with Gasteiger partial charge in [0.25, 0.3) is 0 Å². The van der Waals surface area contributed by atoms with Crippen molar-refractivity contribution in [3.63, 3.8) is 0 Å². The third kappa shape index (κ3) is 2.05. The zero-order valence-corrected chi connectivity index (χ0v) is 5.82. The molecule has 1 aromatic heterocycles. The smallest absolute Gasteiger partial charge is 0.320 e. The molecule has 0 aliphatic carbocycles. The molecule has 60 valence electrons. The second-order valence-corrected chi connectivity index (χ2v) is 2.26. The van der Waals surface area contributed by atoms with Gasteiger partial charge >= 0.3 is 5.97 Å². The Morgan fingerprint density at radius 1 is 1.91 bits per heavy atom. The predicted octanol–water partition coefficient (Wildman–Crippen LogP) is -0.636. The minimum atomic E-state index is -0.994. The van der Waals surface area contributed by atoms with Gasteiger partial charge in [-0.25, -0.2) is 0 Å². The number of aromatic nitrogens is 2. The maximum Gasteiger partial charge on any atom is 0.320 e. The van der Waals surface area contributed by atoms with E-state index in [0.29, 0.717) is 6.42 Å². The molecule has 0 aliphatic heterocycles. The Hall–Kier alpha value is -1.36. The van der Waals surface area contributed by atoms with E-state index >= 15 is 0 Å². The maximum atomic E-state index is 10.3. The van der Waals surface area contributed by atoms with Crippen molar-refractivity contribution in [2.45, 2.75) is 12.5 Å². The number of carboxylic acid groups (broad SMARTS) is 1. The predicted molar refractivity (Wildman–Crippen MR) is 37.9 cm³/mol. The minimum Gasteiger partial charge on any atom is -0.480 e. The van der Waals surface area contributed by atoms with E-state index in [9.17, 15) is 4.79 Å². The lowest BCUT2D eigenvalue weighted by atomic mass is 10.1. The van der Waals surface area contributed by atoms with E-state index in [1.54, 1.807) is 12.4 Å². The molecule has 5 nitrogen and oxygen atoms in total. The van der Waals surface area contributed by atoms with E-state index in [1.807, 2.05) is 0 Å². The van der Waals surface area contributed by atoms with Crippen LogP contribution in [0.3, 0.4) is 0 Å². The molecule has 0 aromatic carbocycles. The molecule has 5 heteroatoms. The van der Waals surface area contributed by atoms with Crippen LogP contribution in [-0.2, 0) is 11.2 Å². The number of hydrogen-bond acceptors (Lipinski definition) is 3. The van der Waals surface area contributed by atoms with Crippen LogP contribution in [0.5, 0.6) is 0 Å². The van der Waals surface area contributed by atoms with Crippen LogP contribution >= 0.6 is 0 Å². The first-order chi connectivity index (χ1) is 5.20. The van der Waals surface area contributed by atoms with Gasteiger partial charge in [0.05, 0.1) is 6.20 Å². The van der Waals surface area contributed by atoms with Gasteiger partial charge in [0.2, 0.25) is 0 Å². The maximum absolute atomic E-state index is 10.3. The van der Waals surface area contributed by atoms with Crippen molar-refractivity contribution >= 4 is 5.97 Å². The van der Waals surface area contributed by atoms with Gasteiger partial charge in [-0.2, -0.15) is 5.10 Å². The van der Waals surface area contributed by atoms with Crippen LogP contribution in [0.25, 0.3) is 0 Å². The highest BCUT2D eigenvalue weighted by molar-refractivity contribution is 5.73. The van der Waals surface area contributed by atoms with Crippen molar-refractivity contribution < 1.29 is 9.90 Å². The molecule has 0 saturated heterocycles. The van der Waals surface area contributed by atoms with Crippen molar-refractivity contribution in [3.05, 3.63) is 18.0 Å². The van der Waals surface area contributed by atoms with Gasteiger partial charge in [0, 0.05) is 12.6 Å². The van der Waals surface area contributed by atoms with E-state index in [0.717, 1.165) is 5.56 Å². The first kappa shape index (κ1) is 7.74. The van der Waals surface area contributed by atoms with Crippen molar-refractivity contribution in [1.82, 2.24) is 10.2 Å². The summed E-state index contributed by atoms with van der Waals surface area (Å²) in [4.78, 5) is 10.3. The SMILES string of the molecule is NC(Cc1cn[nH]c1)C(=O)O.